The van der Waals surface area contributed by atoms with Gasteiger partial charge >= 0.3 is 0 Å². The quantitative estimate of drug-likeness (QED) is 0.585. The monoisotopic (exact) mass is 394 g/mol. The number of halogens is 2. The molecule has 5 heteroatoms. The Bertz CT molecular complexity index is 734. The molecule has 0 amide bonds. The van der Waals surface area contributed by atoms with Crippen LogP contribution >= 0.6 is 31.9 Å². The molecule has 1 aromatic carbocycles. The van der Waals surface area contributed by atoms with Crippen LogP contribution in [-0.2, 0) is 6.54 Å². The molecule has 0 N–H and O–H groups in total. The van der Waals surface area contributed by atoms with Gasteiger partial charge in [0.1, 0.15) is 14.8 Å². The lowest BCUT2D eigenvalue weighted by Crippen LogP contribution is -2.16. The first-order valence-electron chi connectivity index (χ1n) is 6.12. The Kier molecular flexibility index (Phi) is 3.81. The number of rotatable bonds is 3. The molecule has 20 heavy (non-hydrogen) atoms. The summed E-state index contributed by atoms with van der Waals surface area (Å²) in [4.78, 5) is 6.43. The Labute approximate surface area is 133 Å². The fourth-order valence-electron chi connectivity index (χ4n) is 2.15. The Balaban J connectivity index is 1.85. The lowest BCUT2D eigenvalue weighted by molar-refractivity contribution is 0.616. The molecule has 2 aromatic heterocycles. The lowest BCUT2D eigenvalue weighted by atomic mass is 10.1. The fraction of sp³-hybridized carbons (Fsp3) is 0.133. The van der Waals surface area contributed by atoms with Gasteiger partial charge in [0.25, 0.3) is 0 Å². The predicted octanol–water partition coefficient (Wildman–Crippen LogP) is 4.99. The Hall–Kier alpha value is -1.33. The molecular weight excluding hydrogens is 384 g/mol. The van der Waals surface area contributed by atoms with Crippen molar-refractivity contribution in [2.45, 2.75) is 6.54 Å². The van der Waals surface area contributed by atoms with Gasteiger partial charge in [0.05, 0.1) is 6.26 Å². The molecule has 0 spiro atoms. The van der Waals surface area contributed by atoms with Crippen molar-refractivity contribution in [1.82, 2.24) is 4.98 Å². The molecule has 3 aromatic rings. The molecule has 0 aliphatic heterocycles. The third-order valence-electron chi connectivity index (χ3n) is 3.12. The van der Waals surface area contributed by atoms with Crippen LogP contribution in [0.4, 0.5) is 5.69 Å². The number of benzene rings is 1. The Morgan fingerprint density at radius 1 is 1.10 bits per heavy atom. The van der Waals surface area contributed by atoms with E-state index in [1.165, 1.54) is 5.56 Å². The Morgan fingerprint density at radius 2 is 1.85 bits per heavy atom. The van der Waals surface area contributed by atoms with E-state index < -0.39 is 0 Å². The highest BCUT2D eigenvalue weighted by atomic mass is 79.9. The van der Waals surface area contributed by atoms with Crippen LogP contribution in [0.15, 0.2) is 56.3 Å². The predicted molar refractivity (Wildman–Crippen MR) is 88.0 cm³/mol. The smallest absolute Gasteiger partial charge is 0.133 e. The van der Waals surface area contributed by atoms with Gasteiger partial charge in [-0.1, -0.05) is 6.07 Å². The topological polar surface area (TPSA) is 29.3 Å². The van der Waals surface area contributed by atoms with E-state index in [2.05, 4.69) is 60.9 Å². The number of hydrogen-bond acceptors (Lipinski definition) is 3. The van der Waals surface area contributed by atoms with Gasteiger partial charge < -0.3 is 9.32 Å². The third kappa shape index (κ3) is 2.88. The second kappa shape index (κ2) is 5.58. The van der Waals surface area contributed by atoms with Gasteiger partial charge in [-0.25, -0.2) is 4.98 Å². The molecule has 2 heterocycles. The number of aromatic nitrogens is 1. The van der Waals surface area contributed by atoms with Crippen molar-refractivity contribution in [2.75, 3.05) is 11.9 Å². The summed E-state index contributed by atoms with van der Waals surface area (Å²) in [6, 6.07) is 12.2. The van der Waals surface area contributed by atoms with E-state index in [-0.39, 0.29) is 0 Å². The summed E-state index contributed by atoms with van der Waals surface area (Å²) in [5.41, 5.74) is 3.27. The van der Waals surface area contributed by atoms with Crippen LogP contribution in [-0.4, -0.2) is 12.0 Å². The van der Waals surface area contributed by atoms with Crippen molar-refractivity contribution < 1.29 is 4.42 Å². The number of furan rings is 1. The fourth-order valence-corrected chi connectivity index (χ4v) is 3.24. The molecule has 102 valence electrons. The van der Waals surface area contributed by atoms with Gasteiger partial charge in [-0.3, -0.25) is 0 Å². The molecule has 0 radical (unpaired) electrons. The van der Waals surface area contributed by atoms with Crippen LogP contribution in [0.25, 0.3) is 11.0 Å². The summed E-state index contributed by atoms with van der Waals surface area (Å²) in [5.74, 6) is 0. The molecule has 0 saturated carbocycles. The van der Waals surface area contributed by atoms with Crippen LogP contribution in [0.3, 0.4) is 0 Å². The molecular formula is C15H12Br2N2O. The van der Waals surface area contributed by atoms with Crippen LogP contribution in [0.1, 0.15) is 5.56 Å². The average Bonchev–Trinajstić information content (AvgIpc) is 2.85. The number of hydrogen-bond donors (Lipinski definition) is 0. The van der Waals surface area contributed by atoms with Crippen molar-refractivity contribution >= 4 is 48.5 Å². The summed E-state index contributed by atoms with van der Waals surface area (Å²) in [6.45, 7) is 0.823. The van der Waals surface area contributed by atoms with Gasteiger partial charge in [-0.05, 0) is 67.8 Å². The van der Waals surface area contributed by atoms with Crippen LogP contribution in [0, 0.1) is 0 Å². The molecule has 0 atom stereocenters. The Morgan fingerprint density at radius 3 is 2.60 bits per heavy atom. The minimum Gasteiger partial charge on any atom is -0.464 e. The summed E-state index contributed by atoms with van der Waals surface area (Å²) in [5, 5.41) is 1.13. The highest BCUT2D eigenvalue weighted by Gasteiger charge is 2.06. The van der Waals surface area contributed by atoms with E-state index in [1.54, 1.807) is 6.26 Å². The van der Waals surface area contributed by atoms with Gasteiger partial charge in [0, 0.05) is 24.7 Å². The van der Waals surface area contributed by atoms with Gasteiger partial charge in [0.2, 0.25) is 0 Å². The summed E-state index contributed by atoms with van der Waals surface area (Å²) in [6.07, 6.45) is 1.72. The zero-order valence-corrected chi connectivity index (χ0v) is 14.0. The van der Waals surface area contributed by atoms with Crippen LogP contribution in [0.2, 0.25) is 0 Å². The molecule has 0 aliphatic rings. The van der Waals surface area contributed by atoms with E-state index >= 15 is 0 Å². The largest absolute Gasteiger partial charge is 0.464 e. The van der Waals surface area contributed by atoms with E-state index in [0.29, 0.717) is 0 Å². The van der Waals surface area contributed by atoms with Crippen LogP contribution in [0.5, 0.6) is 0 Å². The molecule has 0 unspecified atom stereocenters. The standard InChI is InChI=1S/C15H12Br2N2O/c1-19(12-7-14(16)18-15(17)8-12)9-10-2-3-13-11(6-10)4-5-20-13/h2-8H,9H2,1H3. The molecule has 3 nitrogen and oxygen atoms in total. The SMILES string of the molecule is CN(Cc1ccc2occc2c1)c1cc(Br)nc(Br)c1. The number of nitrogens with zero attached hydrogens (tertiary/aromatic N) is 2. The normalized spacial score (nSPS) is 10.9. The van der Waals surface area contributed by atoms with E-state index in [1.807, 2.05) is 24.3 Å². The minimum absolute atomic E-state index is 0.819. The van der Waals surface area contributed by atoms with E-state index in [9.17, 15) is 0 Å². The van der Waals surface area contributed by atoms with Gasteiger partial charge in [0.15, 0.2) is 0 Å². The first-order chi connectivity index (χ1) is 9.61. The second-order valence-corrected chi connectivity index (χ2v) is 6.24. The van der Waals surface area contributed by atoms with Crippen molar-refractivity contribution in [2.24, 2.45) is 0 Å². The van der Waals surface area contributed by atoms with E-state index in [0.717, 1.165) is 32.4 Å². The molecule has 0 aliphatic carbocycles. The van der Waals surface area contributed by atoms with Crippen molar-refractivity contribution in [3.05, 3.63) is 57.4 Å². The second-order valence-electron chi connectivity index (χ2n) is 4.62. The average molecular weight is 396 g/mol. The highest BCUT2D eigenvalue weighted by molar-refractivity contribution is 9.11. The maximum atomic E-state index is 5.36. The summed E-state index contributed by atoms with van der Waals surface area (Å²) >= 11 is 6.83. The summed E-state index contributed by atoms with van der Waals surface area (Å²) < 4.78 is 7.00. The third-order valence-corrected chi connectivity index (χ3v) is 3.94. The molecule has 0 fully saturated rings. The molecule has 3 rings (SSSR count). The van der Waals surface area contributed by atoms with E-state index in [4.69, 9.17) is 4.42 Å². The summed E-state index contributed by atoms with van der Waals surface area (Å²) in [7, 11) is 2.06. The molecule has 0 bridgehead atoms. The van der Waals surface area contributed by atoms with Crippen molar-refractivity contribution in [3.63, 3.8) is 0 Å². The first kappa shape index (κ1) is 13.6. The van der Waals surface area contributed by atoms with Crippen molar-refractivity contribution in [1.29, 1.82) is 0 Å². The number of fused-ring (bicyclic) bond motifs is 1. The minimum atomic E-state index is 0.819. The zero-order chi connectivity index (χ0) is 14.1. The first-order valence-corrected chi connectivity index (χ1v) is 7.71. The number of anilines is 1. The zero-order valence-electron chi connectivity index (χ0n) is 10.8. The maximum absolute atomic E-state index is 5.36. The highest BCUT2D eigenvalue weighted by Crippen LogP contribution is 2.24. The van der Waals surface area contributed by atoms with Gasteiger partial charge in [-0.2, -0.15) is 0 Å². The van der Waals surface area contributed by atoms with Crippen LogP contribution < -0.4 is 4.90 Å². The van der Waals surface area contributed by atoms with Gasteiger partial charge in [-0.15, -0.1) is 0 Å². The number of pyridine rings is 1. The van der Waals surface area contributed by atoms with Crippen molar-refractivity contribution in [3.8, 4) is 0 Å². The molecule has 0 saturated heterocycles. The maximum Gasteiger partial charge on any atom is 0.133 e. The lowest BCUT2D eigenvalue weighted by Gasteiger charge is -2.19.